The first-order chi connectivity index (χ1) is 13.9. The maximum Gasteiger partial charge on any atom is 0.416 e. The molecule has 1 N–H and O–H groups in total. The van der Waals surface area contributed by atoms with Crippen LogP contribution in [0.25, 0.3) is 0 Å². The van der Waals surface area contributed by atoms with E-state index in [4.69, 9.17) is 4.74 Å². The molecule has 0 spiro atoms. The third kappa shape index (κ3) is 6.61. The van der Waals surface area contributed by atoms with Crippen molar-refractivity contribution in [2.24, 2.45) is 0 Å². The van der Waals surface area contributed by atoms with Crippen molar-refractivity contribution in [3.63, 3.8) is 0 Å². The van der Waals surface area contributed by atoms with Gasteiger partial charge in [0, 0.05) is 6.42 Å². The van der Waals surface area contributed by atoms with E-state index < -0.39 is 29.7 Å². The monoisotopic (exact) mass is 421 g/mol. The Balaban J connectivity index is 2.05. The molecule has 4 nitrogen and oxygen atoms in total. The molecular weight excluding hydrogens is 395 g/mol. The first-order valence-electron chi connectivity index (χ1n) is 9.53. The van der Waals surface area contributed by atoms with Crippen molar-refractivity contribution < 1.29 is 27.5 Å². The fraction of sp³-hybridized carbons (Fsp3) is 0.391. The summed E-state index contributed by atoms with van der Waals surface area (Å²) in [5.74, 6) is -1.06. The summed E-state index contributed by atoms with van der Waals surface area (Å²) in [6.07, 6.45) is -4.33. The molecule has 0 radical (unpaired) electrons. The molecule has 0 heterocycles. The lowest BCUT2D eigenvalue weighted by atomic mass is 9.86. The zero-order chi connectivity index (χ0) is 22.5. The molecule has 7 heteroatoms. The average Bonchev–Trinajstić information content (AvgIpc) is 2.66. The van der Waals surface area contributed by atoms with Gasteiger partial charge in [0.15, 0.2) is 0 Å². The zero-order valence-electron chi connectivity index (χ0n) is 17.5. The Morgan fingerprint density at radius 1 is 0.900 bits per heavy atom. The van der Waals surface area contributed by atoms with E-state index in [-0.39, 0.29) is 18.3 Å². The van der Waals surface area contributed by atoms with Gasteiger partial charge in [-0.15, -0.1) is 0 Å². The molecule has 2 rings (SSSR count). The number of hydrogen-bond donors (Lipinski definition) is 1. The van der Waals surface area contributed by atoms with Crippen LogP contribution in [-0.2, 0) is 38.8 Å². The highest BCUT2D eigenvalue weighted by atomic mass is 19.4. The van der Waals surface area contributed by atoms with Gasteiger partial charge in [-0.05, 0) is 34.2 Å². The van der Waals surface area contributed by atoms with E-state index in [0.717, 1.165) is 23.3 Å². The van der Waals surface area contributed by atoms with Crippen LogP contribution in [0.5, 0.6) is 0 Å². The summed E-state index contributed by atoms with van der Waals surface area (Å²) >= 11 is 0. The fourth-order valence-electron chi connectivity index (χ4n) is 2.95. The summed E-state index contributed by atoms with van der Waals surface area (Å²) in [4.78, 5) is 24.5. The highest BCUT2D eigenvalue weighted by Gasteiger charge is 2.30. The molecule has 1 atom stereocenters. The van der Waals surface area contributed by atoms with Gasteiger partial charge in [-0.3, -0.25) is 4.79 Å². The molecule has 0 aliphatic heterocycles. The van der Waals surface area contributed by atoms with Gasteiger partial charge in [0.2, 0.25) is 5.91 Å². The molecule has 0 aliphatic carbocycles. The normalized spacial score (nSPS) is 12.9. The van der Waals surface area contributed by atoms with Crippen LogP contribution in [0.4, 0.5) is 13.2 Å². The number of esters is 1. The average molecular weight is 421 g/mol. The number of methoxy groups -OCH3 is 1. The minimum absolute atomic E-state index is 0.00381. The van der Waals surface area contributed by atoms with Gasteiger partial charge in [0.25, 0.3) is 0 Å². The largest absolute Gasteiger partial charge is 0.467 e. The summed E-state index contributed by atoms with van der Waals surface area (Å²) in [6.45, 7) is 6.29. The van der Waals surface area contributed by atoms with E-state index >= 15 is 0 Å². The predicted octanol–water partition coefficient (Wildman–Crippen LogP) is 4.45. The van der Waals surface area contributed by atoms with Crippen molar-refractivity contribution in [3.05, 3.63) is 70.8 Å². The maximum absolute atomic E-state index is 12.6. The molecule has 162 valence electrons. The first kappa shape index (κ1) is 23.4. The van der Waals surface area contributed by atoms with E-state index in [1.165, 1.54) is 19.2 Å². The lowest BCUT2D eigenvalue weighted by molar-refractivity contribution is -0.145. The van der Waals surface area contributed by atoms with Crippen molar-refractivity contribution >= 4 is 11.9 Å². The summed E-state index contributed by atoms with van der Waals surface area (Å²) < 4.78 is 42.7. The molecule has 0 unspecified atom stereocenters. The van der Waals surface area contributed by atoms with Crippen molar-refractivity contribution in [2.75, 3.05) is 7.11 Å². The Bertz CT molecular complexity index is 867. The number of ether oxygens (including phenoxy) is 1. The molecule has 2 aromatic rings. The lowest BCUT2D eigenvalue weighted by Gasteiger charge is -2.20. The standard InChI is InChI=1S/C23H26F3NO3/c1-22(2,3)17-9-5-15(6-10-17)13-19(21(29)30-4)27-20(28)14-16-7-11-18(12-8-16)23(24,25)26/h5-12,19H,13-14H2,1-4H3,(H,27,28)/t19-/m0/s1. The molecule has 0 saturated carbocycles. The second-order valence-corrected chi connectivity index (χ2v) is 8.17. The van der Waals surface area contributed by atoms with Crippen LogP contribution in [0, 0.1) is 0 Å². The number of halogens is 3. The number of amides is 1. The van der Waals surface area contributed by atoms with Crippen LogP contribution >= 0.6 is 0 Å². The minimum atomic E-state index is -4.43. The number of nitrogens with one attached hydrogen (secondary N) is 1. The predicted molar refractivity (Wildman–Crippen MR) is 108 cm³/mol. The smallest absolute Gasteiger partial charge is 0.416 e. The number of carbonyl (C=O) groups is 2. The van der Waals surface area contributed by atoms with E-state index in [1.807, 2.05) is 24.3 Å². The Morgan fingerprint density at radius 2 is 1.40 bits per heavy atom. The number of alkyl halides is 3. The van der Waals surface area contributed by atoms with Gasteiger partial charge < -0.3 is 10.1 Å². The number of hydrogen-bond acceptors (Lipinski definition) is 3. The van der Waals surface area contributed by atoms with Crippen LogP contribution in [0.1, 0.15) is 43.0 Å². The second kappa shape index (κ2) is 9.32. The first-order valence-corrected chi connectivity index (χ1v) is 9.53. The molecular formula is C23H26F3NO3. The Morgan fingerprint density at radius 3 is 1.87 bits per heavy atom. The van der Waals surface area contributed by atoms with Gasteiger partial charge in [-0.25, -0.2) is 4.79 Å². The molecule has 0 saturated heterocycles. The second-order valence-electron chi connectivity index (χ2n) is 8.17. The van der Waals surface area contributed by atoms with Crippen molar-refractivity contribution in [3.8, 4) is 0 Å². The van der Waals surface area contributed by atoms with Crippen LogP contribution in [-0.4, -0.2) is 25.0 Å². The van der Waals surface area contributed by atoms with Crippen LogP contribution < -0.4 is 5.32 Å². The number of carbonyl (C=O) groups excluding carboxylic acids is 2. The highest BCUT2D eigenvalue weighted by molar-refractivity contribution is 5.85. The maximum atomic E-state index is 12.6. The number of benzene rings is 2. The fourth-order valence-corrected chi connectivity index (χ4v) is 2.95. The Hall–Kier alpha value is -2.83. The molecule has 0 bridgehead atoms. The zero-order valence-corrected chi connectivity index (χ0v) is 17.5. The third-order valence-electron chi connectivity index (χ3n) is 4.73. The molecule has 30 heavy (non-hydrogen) atoms. The summed E-state index contributed by atoms with van der Waals surface area (Å²) in [5, 5.41) is 2.62. The van der Waals surface area contributed by atoms with Gasteiger partial charge in [0.1, 0.15) is 6.04 Å². The van der Waals surface area contributed by atoms with E-state index in [0.29, 0.717) is 5.56 Å². The van der Waals surface area contributed by atoms with Crippen molar-refractivity contribution in [1.82, 2.24) is 5.32 Å². The summed E-state index contributed by atoms with van der Waals surface area (Å²) in [7, 11) is 1.24. The van der Waals surface area contributed by atoms with Crippen molar-refractivity contribution in [1.29, 1.82) is 0 Å². The molecule has 0 aliphatic rings. The molecule has 0 fully saturated rings. The molecule has 0 aromatic heterocycles. The van der Waals surface area contributed by atoms with Crippen LogP contribution in [0.15, 0.2) is 48.5 Å². The van der Waals surface area contributed by atoms with Gasteiger partial charge in [-0.2, -0.15) is 13.2 Å². The van der Waals surface area contributed by atoms with E-state index in [9.17, 15) is 22.8 Å². The third-order valence-corrected chi connectivity index (χ3v) is 4.73. The van der Waals surface area contributed by atoms with E-state index in [1.54, 1.807) is 0 Å². The van der Waals surface area contributed by atoms with Gasteiger partial charge in [0.05, 0.1) is 19.1 Å². The topological polar surface area (TPSA) is 55.4 Å². The van der Waals surface area contributed by atoms with Gasteiger partial charge >= 0.3 is 12.1 Å². The molecule has 1 amide bonds. The number of rotatable bonds is 6. The Labute approximate surface area is 174 Å². The minimum Gasteiger partial charge on any atom is -0.467 e. The van der Waals surface area contributed by atoms with E-state index in [2.05, 4.69) is 26.1 Å². The Kier molecular flexibility index (Phi) is 7.29. The molecule has 2 aromatic carbocycles. The summed E-state index contributed by atoms with van der Waals surface area (Å²) in [6, 6.07) is 11.2. The summed E-state index contributed by atoms with van der Waals surface area (Å²) in [5.41, 5.74) is 1.63. The van der Waals surface area contributed by atoms with Crippen molar-refractivity contribution in [2.45, 2.75) is 51.2 Å². The lowest BCUT2D eigenvalue weighted by Crippen LogP contribution is -2.43. The van der Waals surface area contributed by atoms with Crippen LogP contribution in [0.2, 0.25) is 0 Å². The van der Waals surface area contributed by atoms with Gasteiger partial charge in [-0.1, -0.05) is 57.2 Å². The highest BCUT2D eigenvalue weighted by Crippen LogP contribution is 2.29. The quantitative estimate of drug-likeness (QED) is 0.702. The van der Waals surface area contributed by atoms with Crippen LogP contribution in [0.3, 0.4) is 0 Å². The SMILES string of the molecule is COC(=O)[C@H](Cc1ccc(C(C)(C)C)cc1)NC(=O)Cc1ccc(C(F)(F)F)cc1.